The number of nitrogens with one attached hydrogen (secondary N) is 3. The molecule has 1 unspecified atom stereocenters. The van der Waals surface area contributed by atoms with Crippen molar-refractivity contribution in [2.75, 3.05) is 18.5 Å². The van der Waals surface area contributed by atoms with Crippen LogP contribution in [0, 0.1) is 6.92 Å². The number of fused-ring (bicyclic) bond motifs is 2. The zero-order valence-corrected chi connectivity index (χ0v) is 21.9. The molecule has 3 aromatic rings. The summed E-state index contributed by atoms with van der Waals surface area (Å²) in [5.41, 5.74) is 6.99. The van der Waals surface area contributed by atoms with Crippen molar-refractivity contribution in [1.29, 1.82) is 0 Å². The first-order chi connectivity index (χ1) is 19.2. The lowest BCUT2D eigenvalue weighted by molar-refractivity contribution is -0.664. The number of carboxylic acids is 1. The maximum Gasteiger partial charge on any atom is 0.433 e. The molecule has 16 nitrogen and oxygen atoms in total. The quantitative estimate of drug-likeness (QED) is 0.0768. The summed E-state index contributed by atoms with van der Waals surface area (Å²) >= 11 is 1.30. The third kappa shape index (κ3) is 4.89. The molecule has 2 aliphatic rings. The number of rotatable bonds is 7. The topological polar surface area (TPSA) is 222 Å². The molecule has 5 rings (SSSR count). The molecular weight excluding hydrogens is 544 g/mol. The number of thioether (sulfide) groups is 1. The molecule has 1 saturated heterocycles. The molecule has 6 N–H and O–H groups in total. The van der Waals surface area contributed by atoms with Gasteiger partial charge in [-0.25, -0.2) is 24.1 Å². The summed E-state index contributed by atoms with van der Waals surface area (Å²) in [6.07, 6.45) is 2.11. The zero-order valence-electron chi connectivity index (χ0n) is 21.1. The monoisotopic (exact) mass is 567 g/mol. The number of nitrogen functional groups attached to an aromatic ring is 1. The van der Waals surface area contributed by atoms with Crippen LogP contribution in [0.2, 0.25) is 0 Å². The Bertz CT molecular complexity index is 1620. The average molecular weight is 568 g/mol. The van der Waals surface area contributed by atoms with Crippen LogP contribution in [0.15, 0.2) is 47.0 Å². The van der Waals surface area contributed by atoms with Crippen molar-refractivity contribution in [3.05, 3.63) is 53.5 Å². The van der Waals surface area contributed by atoms with Crippen molar-refractivity contribution < 1.29 is 33.7 Å². The highest BCUT2D eigenvalue weighted by Crippen LogP contribution is 2.40. The Kier molecular flexibility index (Phi) is 7.03. The maximum absolute atomic E-state index is 13.2. The number of imidazole rings is 1. The molecular formula is C23H23N10O6S+. The van der Waals surface area contributed by atoms with Gasteiger partial charge in [0.1, 0.15) is 35.0 Å². The molecule has 5 heterocycles. The predicted octanol–water partition coefficient (Wildman–Crippen LogP) is -0.970. The molecule has 2 aliphatic heterocycles. The molecule has 206 valence electrons. The minimum atomic E-state index is -1.26. The molecule has 0 saturated carbocycles. The zero-order chi connectivity index (χ0) is 28.6. The van der Waals surface area contributed by atoms with Gasteiger partial charge in [-0.15, -0.1) is 11.8 Å². The number of carbonyl (C=O) groups is 4. The number of oxime groups is 1. The molecule has 40 heavy (non-hydrogen) atoms. The summed E-state index contributed by atoms with van der Waals surface area (Å²) in [6.45, 7) is 2.02. The number of nitrogens with two attached hydrogens (primary N) is 1. The van der Waals surface area contributed by atoms with E-state index in [1.54, 1.807) is 6.20 Å². The molecule has 3 aromatic heterocycles. The van der Waals surface area contributed by atoms with Crippen molar-refractivity contribution in [1.82, 2.24) is 35.5 Å². The smallest absolute Gasteiger partial charge is 0.433 e. The number of nitrogens with zero attached hydrogens (tertiary/aromatic N) is 6. The van der Waals surface area contributed by atoms with Crippen LogP contribution in [0.5, 0.6) is 0 Å². The van der Waals surface area contributed by atoms with Gasteiger partial charge in [-0.2, -0.15) is 0 Å². The van der Waals surface area contributed by atoms with Crippen molar-refractivity contribution >= 4 is 58.3 Å². The highest BCUT2D eigenvalue weighted by Gasteiger charge is 2.54. The number of pyridine rings is 1. The van der Waals surface area contributed by atoms with E-state index in [1.165, 1.54) is 31.1 Å². The summed E-state index contributed by atoms with van der Waals surface area (Å²) in [6, 6.07) is 3.98. The van der Waals surface area contributed by atoms with E-state index in [4.69, 9.17) is 5.73 Å². The van der Waals surface area contributed by atoms with Crippen molar-refractivity contribution in [2.24, 2.45) is 5.16 Å². The van der Waals surface area contributed by atoms with Gasteiger partial charge in [0, 0.05) is 31.5 Å². The van der Waals surface area contributed by atoms with Crippen LogP contribution >= 0.6 is 11.8 Å². The molecule has 2 atom stereocenters. The number of β-lactam (4-membered cyclic amide) rings is 1. The van der Waals surface area contributed by atoms with Gasteiger partial charge in [-0.05, 0) is 23.2 Å². The first-order valence-electron chi connectivity index (χ1n) is 11.8. The van der Waals surface area contributed by atoms with E-state index in [2.05, 4.69) is 40.6 Å². The molecule has 0 spiro atoms. The Morgan fingerprint density at radius 1 is 1.35 bits per heavy atom. The molecule has 1 fully saturated rings. The number of hydrogen-bond acceptors (Lipinski definition) is 11. The van der Waals surface area contributed by atoms with Crippen LogP contribution in [0.25, 0.3) is 11.2 Å². The Morgan fingerprint density at radius 2 is 2.15 bits per heavy atom. The fourth-order valence-corrected chi connectivity index (χ4v) is 5.63. The number of hydrogen-bond donors (Lipinski definition) is 5. The van der Waals surface area contributed by atoms with E-state index >= 15 is 0 Å². The van der Waals surface area contributed by atoms with Gasteiger partial charge in [0.2, 0.25) is 11.5 Å². The number of aromatic nitrogens is 5. The van der Waals surface area contributed by atoms with E-state index in [9.17, 15) is 24.3 Å². The Labute approximate surface area is 229 Å². The standard InChI is InChI=1S/C23H22N10O6S/c1-10-27-12-4-3-7-32(18(12)28-10)8-11-9-40-21-15(20(35)33(21)16(11)22(36)37)30-19(34)14(31-39-23(38)25-2)17-26-6-5-13(24)29-17/h3-7,15,21H,8-9H2,1-2H3,(H5,24,25,26,29,30,34,36,37,38)/p+1/t15?,21-/m0/s1. The van der Waals surface area contributed by atoms with Crippen molar-refractivity contribution in [3.8, 4) is 0 Å². The van der Waals surface area contributed by atoms with Crippen LogP contribution in [0.3, 0.4) is 0 Å². The SMILES string of the molecule is CNC(=O)ON=C(C(=O)NC1C(=O)N2C(C(=O)O)=C(C[n+]3cccc4[nH]c(C)nc43)CS[C@@H]12)c1nccc(N)n1. The normalized spacial score (nSPS) is 18.7. The Morgan fingerprint density at radius 3 is 2.88 bits per heavy atom. The van der Waals surface area contributed by atoms with E-state index in [-0.39, 0.29) is 29.6 Å². The number of carbonyl (C=O) groups excluding carboxylic acids is 3. The van der Waals surface area contributed by atoms with Gasteiger partial charge in [0.25, 0.3) is 11.8 Å². The largest absolute Gasteiger partial charge is 0.477 e. The fourth-order valence-electron chi connectivity index (χ4n) is 4.30. The van der Waals surface area contributed by atoms with Crippen LogP contribution in [-0.4, -0.2) is 83.7 Å². The summed E-state index contributed by atoms with van der Waals surface area (Å²) in [4.78, 5) is 71.4. The highest BCUT2D eigenvalue weighted by atomic mass is 32.2. The third-order valence-corrected chi connectivity index (χ3v) is 7.40. The van der Waals surface area contributed by atoms with Crippen molar-refractivity contribution in [3.63, 3.8) is 0 Å². The number of H-pyrrole nitrogens is 1. The minimum Gasteiger partial charge on any atom is -0.477 e. The number of aryl methyl sites for hydroxylation is 1. The van der Waals surface area contributed by atoms with Gasteiger partial charge in [0.15, 0.2) is 5.82 Å². The van der Waals surface area contributed by atoms with E-state index < -0.39 is 41.0 Å². The second kappa shape index (κ2) is 10.6. The Hall–Kier alpha value is -5.06. The lowest BCUT2D eigenvalue weighted by atomic mass is 10.0. The third-order valence-electron chi connectivity index (χ3n) is 6.06. The first-order valence-corrected chi connectivity index (χ1v) is 12.8. The summed E-state index contributed by atoms with van der Waals surface area (Å²) in [5.74, 6) is -2.02. The maximum atomic E-state index is 13.2. The number of carboxylic acid groups (broad SMARTS) is 1. The lowest BCUT2D eigenvalue weighted by Crippen LogP contribution is -2.71. The van der Waals surface area contributed by atoms with Crippen LogP contribution in [-0.2, 0) is 25.8 Å². The van der Waals surface area contributed by atoms with Gasteiger partial charge in [-0.3, -0.25) is 19.3 Å². The summed E-state index contributed by atoms with van der Waals surface area (Å²) in [7, 11) is 1.30. The van der Waals surface area contributed by atoms with Crippen molar-refractivity contribution in [2.45, 2.75) is 24.9 Å². The van der Waals surface area contributed by atoms with E-state index in [1.807, 2.05) is 23.6 Å². The second-order valence-electron chi connectivity index (χ2n) is 8.69. The molecule has 0 aliphatic carbocycles. The van der Waals surface area contributed by atoms with Gasteiger partial charge in [0.05, 0.1) is 6.20 Å². The average Bonchev–Trinajstić information content (AvgIpc) is 3.32. The van der Waals surface area contributed by atoms with Crippen LogP contribution in [0.4, 0.5) is 10.6 Å². The van der Waals surface area contributed by atoms with Crippen LogP contribution < -0.4 is 20.9 Å². The summed E-state index contributed by atoms with van der Waals surface area (Å²) < 4.78 is 1.81. The lowest BCUT2D eigenvalue weighted by Gasteiger charge is -2.49. The second-order valence-corrected chi connectivity index (χ2v) is 9.79. The molecule has 0 aromatic carbocycles. The number of aliphatic carboxylic acids is 1. The van der Waals surface area contributed by atoms with Gasteiger partial charge >= 0.3 is 17.7 Å². The molecule has 17 heteroatoms. The number of aromatic amines is 1. The molecule has 3 amide bonds. The first kappa shape index (κ1) is 26.5. The van der Waals surface area contributed by atoms with E-state index in [0.717, 1.165) is 10.4 Å². The van der Waals surface area contributed by atoms with Gasteiger partial charge < -0.3 is 26.5 Å². The summed E-state index contributed by atoms with van der Waals surface area (Å²) in [5, 5.41) is 17.6. The number of anilines is 1. The number of amides is 3. The minimum absolute atomic E-state index is 0.0292. The van der Waals surface area contributed by atoms with Crippen LogP contribution in [0.1, 0.15) is 11.6 Å². The molecule has 0 bridgehead atoms. The fraction of sp³-hybridized carbons (Fsp3) is 0.261. The molecule has 0 radical (unpaired) electrons. The van der Waals surface area contributed by atoms with Gasteiger partial charge in [-0.1, -0.05) is 5.16 Å². The highest BCUT2D eigenvalue weighted by molar-refractivity contribution is 8.00. The predicted molar refractivity (Wildman–Crippen MR) is 139 cm³/mol. The Balaban J connectivity index is 1.38. The van der Waals surface area contributed by atoms with E-state index in [0.29, 0.717) is 17.0 Å².